The van der Waals surface area contributed by atoms with Crippen molar-refractivity contribution in [2.45, 2.75) is 6.92 Å². The summed E-state index contributed by atoms with van der Waals surface area (Å²) in [7, 11) is 1.79. The summed E-state index contributed by atoms with van der Waals surface area (Å²) in [6.07, 6.45) is 1.91. The number of pyridine rings is 1. The number of nitrogens with one attached hydrogen (secondary N) is 2. The Hall–Kier alpha value is -3.44. The van der Waals surface area contributed by atoms with Gasteiger partial charge in [0.15, 0.2) is 0 Å². The molecule has 0 saturated carbocycles. The number of nitrogens with zero attached hydrogens (tertiary/aromatic N) is 1. The molecule has 5 heteroatoms. The van der Waals surface area contributed by atoms with E-state index in [1.54, 1.807) is 17.0 Å². The fourth-order valence-electron chi connectivity index (χ4n) is 3.47. The van der Waals surface area contributed by atoms with Crippen LogP contribution in [0.5, 0.6) is 0 Å². The summed E-state index contributed by atoms with van der Waals surface area (Å²) in [6.45, 7) is 5.82. The van der Waals surface area contributed by atoms with Crippen molar-refractivity contribution in [3.05, 3.63) is 101 Å². The lowest BCUT2D eigenvalue weighted by atomic mass is 9.98. The topological polar surface area (TPSA) is 46.1 Å². The van der Waals surface area contributed by atoms with Crippen LogP contribution in [-0.4, -0.2) is 4.57 Å². The molecule has 4 nitrogen and oxygen atoms in total. The normalized spacial score (nSPS) is 10.7. The molecule has 3 aromatic carbocycles. The molecule has 0 amide bonds. The third kappa shape index (κ3) is 3.98. The molecule has 0 spiro atoms. The zero-order valence-corrected chi connectivity index (χ0v) is 17.8. The van der Waals surface area contributed by atoms with Gasteiger partial charge in [-0.2, -0.15) is 0 Å². The first-order valence-electron chi connectivity index (χ1n) is 9.66. The van der Waals surface area contributed by atoms with Gasteiger partial charge in [-0.15, -0.1) is 0 Å². The molecule has 150 valence electrons. The summed E-state index contributed by atoms with van der Waals surface area (Å²) in [4.78, 5) is 12.6. The van der Waals surface area contributed by atoms with E-state index in [1.165, 1.54) is 17.5 Å². The number of hydrogen-bond donors (Lipinski definition) is 2. The van der Waals surface area contributed by atoms with Gasteiger partial charge in [0.1, 0.15) is 0 Å². The molecular weight excluding hydrogens is 390 g/mol. The van der Waals surface area contributed by atoms with Crippen LogP contribution >= 0.6 is 11.9 Å². The number of aryl methyl sites for hydroxylation is 2. The number of fused-ring (bicyclic) bond motifs is 1. The zero-order chi connectivity index (χ0) is 21.1. The van der Waals surface area contributed by atoms with Crippen LogP contribution in [0.4, 0.5) is 17.1 Å². The maximum absolute atomic E-state index is 12.6. The summed E-state index contributed by atoms with van der Waals surface area (Å²) in [6, 6.07) is 22.2. The van der Waals surface area contributed by atoms with Crippen LogP contribution < -0.4 is 15.6 Å². The van der Waals surface area contributed by atoms with Gasteiger partial charge in [-0.3, -0.25) is 4.79 Å². The van der Waals surface area contributed by atoms with Gasteiger partial charge in [-0.1, -0.05) is 42.5 Å². The minimum atomic E-state index is -0.00103. The molecule has 0 unspecified atom stereocenters. The molecule has 4 rings (SSSR count). The number of rotatable bonds is 6. The summed E-state index contributed by atoms with van der Waals surface area (Å²) in [5.74, 6) is 0. The fourth-order valence-corrected chi connectivity index (χ4v) is 3.82. The van der Waals surface area contributed by atoms with E-state index < -0.39 is 0 Å². The van der Waals surface area contributed by atoms with E-state index in [0.717, 1.165) is 33.6 Å². The number of hydrogen-bond acceptors (Lipinski definition) is 4. The van der Waals surface area contributed by atoms with Crippen LogP contribution in [0, 0.1) is 6.92 Å². The first kappa shape index (κ1) is 19.9. The maximum Gasteiger partial charge on any atom is 0.258 e. The van der Waals surface area contributed by atoms with Gasteiger partial charge >= 0.3 is 0 Å². The second kappa shape index (κ2) is 8.51. The summed E-state index contributed by atoms with van der Waals surface area (Å²) in [5, 5.41) is 6.93. The molecular formula is C25H23N3OS. The van der Waals surface area contributed by atoms with E-state index in [4.69, 9.17) is 0 Å². The van der Waals surface area contributed by atoms with E-state index in [0.29, 0.717) is 5.39 Å². The van der Waals surface area contributed by atoms with Crippen molar-refractivity contribution < 1.29 is 0 Å². The van der Waals surface area contributed by atoms with Gasteiger partial charge in [0.2, 0.25) is 0 Å². The zero-order valence-electron chi connectivity index (χ0n) is 17.0. The largest absolute Gasteiger partial charge is 0.355 e. The van der Waals surface area contributed by atoms with E-state index >= 15 is 0 Å². The van der Waals surface area contributed by atoms with Crippen LogP contribution in [0.3, 0.4) is 0 Å². The quantitative estimate of drug-likeness (QED) is 0.356. The lowest BCUT2D eigenvalue weighted by Gasteiger charge is -2.17. The van der Waals surface area contributed by atoms with Crippen LogP contribution in [0.15, 0.2) is 89.7 Å². The third-order valence-corrected chi connectivity index (χ3v) is 5.51. The number of aromatic nitrogens is 1. The van der Waals surface area contributed by atoms with Crippen molar-refractivity contribution in [2.75, 3.05) is 10.0 Å². The van der Waals surface area contributed by atoms with Gasteiger partial charge in [-0.25, -0.2) is 0 Å². The molecule has 1 heterocycles. The van der Waals surface area contributed by atoms with Gasteiger partial charge in [0.05, 0.1) is 0 Å². The third-order valence-electron chi connectivity index (χ3n) is 4.99. The summed E-state index contributed by atoms with van der Waals surface area (Å²) in [5.41, 5.74) is 6.16. The fraction of sp³-hybridized carbons (Fsp3) is 0.0800. The first-order valence-corrected chi connectivity index (χ1v) is 10.5. The lowest BCUT2D eigenvalue weighted by Crippen LogP contribution is -2.16. The van der Waals surface area contributed by atoms with Crippen molar-refractivity contribution in [2.24, 2.45) is 7.05 Å². The molecule has 0 fully saturated rings. The van der Waals surface area contributed by atoms with Crippen molar-refractivity contribution in [1.82, 2.24) is 4.57 Å². The van der Waals surface area contributed by atoms with E-state index in [2.05, 4.69) is 59.9 Å². The Balaban J connectivity index is 1.91. The molecule has 0 bridgehead atoms. The maximum atomic E-state index is 12.6. The molecule has 0 aliphatic heterocycles. The van der Waals surface area contributed by atoms with E-state index in [1.807, 2.05) is 36.5 Å². The second-order valence-electron chi connectivity index (χ2n) is 7.14. The highest BCUT2D eigenvalue weighted by atomic mass is 32.2. The Kier molecular flexibility index (Phi) is 5.63. The number of benzene rings is 3. The second-order valence-corrected chi connectivity index (χ2v) is 7.92. The average molecular weight is 414 g/mol. The van der Waals surface area contributed by atoms with Gasteiger partial charge < -0.3 is 14.6 Å². The molecule has 2 N–H and O–H groups in total. The molecule has 4 aromatic rings. The van der Waals surface area contributed by atoms with Gasteiger partial charge in [0, 0.05) is 46.8 Å². The Bertz CT molecular complexity index is 1280. The van der Waals surface area contributed by atoms with Crippen molar-refractivity contribution in [3.8, 4) is 11.1 Å². The van der Waals surface area contributed by atoms with Crippen molar-refractivity contribution in [1.29, 1.82) is 0 Å². The average Bonchev–Trinajstić information content (AvgIpc) is 2.77. The predicted molar refractivity (Wildman–Crippen MR) is 130 cm³/mol. The monoisotopic (exact) mass is 413 g/mol. The Morgan fingerprint density at radius 1 is 0.933 bits per heavy atom. The standard InChI is InChI=1S/C25H23N3OS/c1-4-30-27-19-13-14-24(26-18-11-9-17(2)10-12-18)22(15-19)23-16-28(3)25(29)21-8-6-5-7-20(21)23/h4-16,26-27H,1H2,2-3H3. The lowest BCUT2D eigenvalue weighted by molar-refractivity contribution is 0.875. The molecule has 1 aromatic heterocycles. The first-order chi connectivity index (χ1) is 14.6. The Morgan fingerprint density at radius 3 is 2.37 bits per heavy atom. The summed E-state index contributed by atoms with van der Waals surface area (Å²) >= 11 is 1.42. The van der Waals surface area contributed by atoms with Crippen LogP contribution in [0.1, 0.15) is 5.56 Å². The summed E-state index contributed by atoms with van der Waals surface area (Å²) < 4.78 is 4.92. The molecule has 0 aliphatic carbocycles. The minimum Gasteiger partial charge on any atom is -0.355 e. The van der Waals surface area contributed by atoms with Crippen molar-refractivity contribution >= 4 is 39.8 Å². The Morgan fingerprint density at radius 2 is 1.63 bits per heavy atom. The molecule has 0 radical (unpaired) electrons. The van der Waals surface area contributed by atoms with E-state index in [-0.39, 0.29) is 5.56 Å². The highest BCUT2D eigenvalue weighted by Crippen LogP contribution is 2.36. The SMILES string of the molecule is C=CSNc1ccc(Nc2ccc(C)cc2)c(-c2cn(C)c(=O)c3ccccc23)c1. The highest BCUT2D eigenvalue weighted by molar-refractivity contribution is 8.03. The minimum absolute atomic E-state index is 0.00103. The predicted octanol–water partition coefficient (Wildman–Crippen LogP) is 6.46. The number of anilines is 3. The van der Waals surface area contributed by atoms with Crippen LogP contribution in [0.25, 0.3) is 21.9 Å². The van der Waals surface area contributed by atoms with Crippen LogP contribution in [-0.2, 0) is 7.05 Å². The molecule has 0 aliphatic rings. The van der Waals surface area contributed by atoms with Gasteiger partial charge in [-0.05, 0) is 66.1 Å². The van der Waals surface area contributed by atoms with E-state index in [9.17, 15) is 4.79 Å². The van der Waals surface area contributed by atoms with Crippen molar-refractivity contribution in [3.63, 3.8) is 0 Å². The Labute approximate surface area is 180 Å². The van der Waals surface area contributed by atoms with Gasteiger partial charge in [0.25, 0.3) is 5.56 Å². The molecule has 0 atom stereocenters. The van der Waals surface area contributed by atoms with Crippen LogP contribution in [0.2, 0.25) is 0 Å². The highest BCUT2D eigenvalue weighted by Gasteiger charge is 2.13. The molecule has 0 saturated heterocycles. The molecule has 30 heavy (non-hydrogen) atoms. The smallest absolute Gasteiger partial charge is 0.258 e.